The van der Waals surface area contributed by atoms with Crippen LogP contribution < -0.4 is 16.4 Å². The van der Waals surface area contributed by atoms with Crippen molar-refractivity contribution in [1.29, 1.82) is 0 Å². The monoisotopic (exact) mass is 530 g/mol. The van der Waals surface area contributed by atoms with Crippen LogP contribution in [0.5, 0.6) is 0 Å². The number of aromatic nitrogens is 2. The number of nitrogens with one attached hydrogen (secondary N) is 2. The largest absolute Gasteiger partial charge is 0.364 e. The molecule has 1 aliphatic rings. The smallest absolute Gasteiger partial charge is 0.272 e. The molecule has 1 aromatic heterocycles. The molecule has 4 rings (SSSR count). The number of amides is 3. The van der Waals surface area contributed by atoms with Crippen molar-refractivity contribution in [3.63, 3.8) is 0 Å². The zero-order valence-electron chi connectivity index (χ0n) is 19.8. The van der Waals surface area contributed by atoms with Crippen LogP contribution >= 0.6 is 11.6 Å². The Kier molecular flexibility index (Phi) is 8.14. The lowest BCUT2D eigenvalue weighted by Crippen LogP contribution is -2.38. The van der Waals surface area contributed by atoms with Gasteiger partial charge in [0.1, 0.15) is 23.7 Å². The standard InChI is InChI=1S/C25H25ClF2N6O3/c26-18-12-15(27)4-6-17(18)24(36)32-20-7-5-16(13-19(20)28)34-14-31-21(22(34)23(29)35)25(37)30-8-11-33-9-2-1-3-10-33/h4-7,12-14H,1-3,8-11H2,(H2,29,35)(H,30,37)(H,32,36). The minimum absolute atomic E-state index is 0.0342. The maximum Gasteiger partial charge on any atom is 0.272 e. The first-order valence-electron chi connectivity index (χ1n) is 11.7. The second kappa shape index (κ2) is 11.5. The van der Waals surface area contributed by atoms with Crippen molar-refractivity contribution in [3.8, 4) is 5.69 Å². The van der Waals surface area contributed by atoms with Crippen molar-refractivity contribution < 1.29 is 23.2 Å². The number of nitrogens with two attached hydrogens (primary N) is 1. The third-order valence-corrected chi connectivity index (χ3v) is 6.35. The molecular formula is C25H25ClF2N6O3. The van der Waals surface area contributed by atoms with Gasteiger partial charge in [-0.05, 0) is 56.3 Å². The highest BCUT2D eigenvalue weighted by atomic mass is 35.5. The summed E-state index contributed by atoms with van der Waals surface area (Å²) in [6.07, 6.45) is 4.66. The van der Waals surface area contributed by atoms with Crippen molar-refractivity contribution in [1.82, 2.24) is 19.8 Å². The molecule has 0 saturated carbocycles. The van der Waals surface area contributed by atoms with Gasteiger partial charge in [-0.15, -0.1) is 0 Å². The summed E-state index contributed by atoms with van der Waals surface area (Å²) in [5, 5.41) is 5.00. The molecule has 4 N–H and O–H groups in total. The fourth-order valence-corrected chi connectivity index (χ4v) is 4.41. The van der Waals surface area contributed by atoms with E-state index < -0.39 is 29.4 Å². The first-order chi connectivity index (χ1) is 17.7. The molecule has 37 heavy (non-hydrogen) atoms. The van der Waals surface area contributed by atoms with Gasteiger partial charge in [0, 0.05) is 19.2 Å². The normalized spacial score (nSPS) is 13.8. The van der Waals surface area contributed by atoms with Crippen molar-refractivity contribution in [2.45, 2.75) is 19.3 Å². The number of imidazole rings is 1. The molecule has 3 amide bonds. The fraction of sp³-hybridized carbons (Fsp3) is 0.280. The Morgan fingerprint density at radius 2 is 1.78 bits per heavy atom. The molecule has 0 spiro atoms. The molecule has 0 radical (unpaired) electrons. The van der Waals surface area contributed by atoms with Gasteiger partial charge in [-0.25, -0.2) is 13.8 Å². The predicted molar refractivity (Wildman–Crippen MR) is 134 cm³/mol. The van der Waals surface area contributed by atoms with Crippen molar-refractivity contribution in [2.24, 2.45) is 5.73 Å². The number of carbonyl (C=O) groups is 3. The highest BCUT2D eigenvalue weighted by Crippen LogP contribution is 2.23. The van der Waals surface area contributed by atoms with E-state index in [0.717, 1.165) is 44.1 Å². The molecule has 9 nitrogen and oxygen atoms in total. The van der Waals surface area contributed by atoms with Crippen LogP contribution in [-0.4, -0.2) is 58.4 Å². The highest BCUT2D eigenvalue weighted by Gasteiger charge is 2.24. The molecule has 3 aromatic rings. The Morgan fingerprint density at radius 1 is 1.03 bits per heavy atom. The molecule has 0 aliphatic carbocycles. The zero-order chi connectivity index (χ0) is 26.5. The van der Waals surface area contributed by atoms with Gasteiger partial charge in [0.2, 0.25) is 0 Å². The van der Waals surface area contributed by atoms with E-state index in [-0.39, 0.29) is 33.3 Å². The maximum absolute atomic E-state index is 14.9. The number of piperidine rings is 1. The van der Waals surface area contributed by atoms with E-state index in [0.29, 0.717) is 13.1 Å². The van der Waals surface area contributed by atoms with Gasteiger partial charge in [0.05, 0.1) is 22.0 Å². The molecular weight excluding hydrogens is 506 g/mol. The highest BCUT2D eigenvalue weighted by molar-refractivity contribution is 6.34. The minimum Gasteiger partial charge on any atom is -0.364 e. The number of primary amides is 1. The Morgan fingerprint density at radius 3 is 2.46 bits per heavy atom. The number of halogens is 3. The molecule has 2 aromatic carbocycles. The van der Waals surface area contributed by atoms with Crippen molar-refractivity contribution >= 4 is 35.0 Å². The summed E-state index contributed by atoms with van der Waals surface area (Å²) in [5.41, 5.74) is 5.10. The summed E-state index contributed by atoms with van der Waals surface area (Å²) in [6, 6.07) is 6.95. The number of hydrogen-bond acceptors (Lipinski definition) is 5. The number of carbonyl (C=O) groups excluding carboxylic acids is 3. The molecule has 1 aliphatic heterocycles. The molecule has 1 fully saturated rings. The van der Waals surface area contributed by atoms with Gasteiger partial charge in [-0.2, -0.15) is 0 Å². The molecule has 12 heteroatoms. The van der Waals surface area contributed by atoms with Crippen LogP contribution in [0.2, 0.25) is 5.02 Å². The fourth-order valence-electron chi connectivity index (χ4n) is 4.16. The van der Waals surface area contributed by atoms with E-state index in [4.69, 9.17) is 17.3 Å². The van der Waals surface area contributed by atoms with Crippen molar-refractivity contribution in [2.75, 3.05) is 31.5 Å². The van der Waals surface area contributed by atoms with E-state index in [1.54, 1.807) is 0 Å². The number of hydrogen-bond donors (Lipinski definition) is 3. The number of rotatable bonds is 8. The molecule has 0 bridgehead atoms. The Labute approximate surface area is 216 Å². The summed E-state index contributed by atoms with van der Waals surface area (Å²) in [5.74, 6) is -3.66. The van der Waals surface area contributed by atoms with E-state index in [1.165, 1.54) is 35.5 Å². The van der Waals surface area contributed by atoms with E-state index in [9.17, 15) is 23.2 Å². The Hall–Kier alpha value is -3.83. The third-order valence-electron chi connectivity index (χ3n) is 6.03. The van der Waals surface area contributed by atoms with Crippen LogP contribution in [0.4, 0.5) is 14.5 Å². The first-order valence-corrected chi connectivity index (χ1v) is 12.1. The second-order valence-electron chi connectivity index (χ2n) is 8.58. The average Bonchev–Trinajstić information content (AvgIpc) is 3.31. The van der Waals surface area contributed by atoms with Crippen LogP contribution in [0.15, 0.2) is 42.7 Å². The van der Waals surface area contributed by atoms with E-state index in [1.807, 2.05) is 0 Å². The second-order valence-corrected chi connectivity index (χ2v) is 8.98. The summed E-state index contributed by atoms with van der Waals surface area (Å²) in [6.45, 7) is 3.02. The van der Waals surface area contributed by atoms with Crippen LogP contribution in [0.25, 0.3) is 5.69 Å². The predicted octanol–water partition coefficient (Wildman–Crippen LogP) is 3.37. The molecule has 0 unspecified atom stereocenters. The van der Waals surface area contributed by atoms with Crippen LogP contribution in [0.1, 0.15) is 50.6 Å². The van der Waals surface area contributed by atoms with Gasteiger partial charge in [0.25, 0.3) is 17.7 Å². The third kappa shape index (κ3) is 6.12. The number of likely N-dealkylation sites (tertiary alicyclic amines) is 1. The lowest BCUT2D eigenvalue weighted by atomic mass is 10.1. The average molecular weight is 531 g/mol. The molecule has 194 valence electrons. The summed E-state index contributed by atoms with van der Waals surface area (Å²) in [4.78, 5) is 43.7. The van der Waals surface area contributed by atoms with Crippen molar-refractivity contribution in [3.05, 3.63) is 76.3 Å². The first kappa shape index (κ1) is 26.2. The molecule has 0 atom stereocenters. The molecule has 1 saturated heterocycles. The van der Waals surface area contributed by atoms with Gasteiger partial charge in [-0.3, -0.25) is 19.0 Å². The van der Waals surface area contributed by atoms with E-state index in [2.05, 4.69) is 20.5 Å². The number of benzene rings is 2. The molecule has 2 heterocycles. The number of nitrogens with zero attached hydrogens (tertiary/aromatic N) is 3. The summed E-state index contributed by atoms with van der Waals surface area (Å²) < 4.78 is 29.3. The van der Waals surface area contributed by atoms with Crippen LogP contribution in [-0.2, 0) is 0 Å². The SMILES string of the molecule is NC(=O)c1c(C(=O)NCCN2CCCCC2)ncn1-c1ccc(NC(=O)c2ccc(F)cc2Cl)c(F)c1. The Balaban J connectivity index is 1.49. The van der Waals surface area contributed by atoms with Gasteiger partial charge < -0.3 is 21.3 Å². The van der Waals surface area contributed by atoms with Crippen LogP contribution in [0, 0.1) is 11.6 Å². The lowest BCUT2D eigenvalue weighted by Gasteiger charge is -2.26. The summed E-state index contributed by atoms with van der Waals surface area (Å²) >= 11 is 5.90. The van der Waals surface area contributed by atoms with E-state index >= 15 is 0 Å². The van der Waals surface area contributed by atoms with Gasteiger partial charge >= 0.3 is 0 Å². The topological polar surface area (TPSA) is 122 Å². The van der Waals surface area contributed by atoms with Gasteiger partial charge in [-0.1, -0.05) is 18.0 Å². The van der Waals surface area contributed by atoms with Crippen LogP contribution in [0.3, 0.4) is 0 Å². The zero-order valence-corrected chi connectivity index (χ0v) is 20.5. The van der Waals surface area contributed by atoms with Gasteiger partial charge in [0.15, 0.2) is 5.69 Å². The lowest BCUT2D eigenvalue weighted by molar-refractivity contribution is 0.0924. The number of anilines is 1. The quantitative estimate of drug-likeness (QED) is 0.412. The summed E-state index contributed by atoms with van der Waals surface area (Å²) in [7, 11) is 0. The Bertz CT molecular complexity index is 1340. The maximum atomic E-state index is 14.9. The minimum atomic E-state index is -0.914.